The second kappa shape index (κ2) is 9.93. The maximum atomic E-state index is 12.6. The van der Waals surface area contributed by atoms with Crippen molar-refractivity contribution in [3.05, 3.63) is 59.1 Å². The molecule has 2 N–H and O–H groups in total. The van der Waals surface area contributed by atoms with E-state index in [1.54, 1.807) is 36.4 Å². The Bertz CT molecular complexity index is 945. The Labute approximate surface area is 174 Å². The van der Waals surface area contributed by atoms with Crippen molar-refractivity contribution in [3.63, 3.8) is 0 Å². The average molecular weight is 440 g/mol. The average Bonchev–Trinajstić information content (AvgIpc) is 2.74. The van der Waals surface area contributed by atoms with Crippen LogP contribution in [0, 0.1) is 0 Å². The van der Waals surface area contributed by atoms with Gasteiger partial charge in [-0.2, -0.15) is 4.31 Å². The van der Waals surface area contributed by atoms with Gasteiger partial charge >= 0.3 is 0 Å². The Hall–Kier alpha value is -2.33. The molecule has 3 rings (SSSR count). The number of ether oxygens (including phenoxy) is 2. The molecule has 10 heteroatoms. The van der Waals surface area contributed by atoms with E-state index in [4.69, 9.17) is 31.6 Å². The second-order valence-electron chi connectivity index (χ2n) is 6.16. The molecule has 0 radical (unpaired) electrons. The van der Waals surface area contributed by atoms with E-state index < -0.39 is 10.0 Å². The highest BCUT2D eigenvalue weighted by atomic mass is 35.5. The molecule has 1 heterocycles. The standard InChI is InChI=1S/C19H22ClN3O5S/c20-16-3-1-2-15(14-16)19(21)22-28-13-12-27-17-4-6-18(7-5-17)29(24,25)23-8-10-26-11-9-23/h1-7,14H,8-13H2,(H2,21,22). The summed E-state index contributed by atoms with van der Waals surface area (Å²) in [5.74, 6) is 0.742. The molecule has 1 fully saturated rings. The third kappa shape index (κ3) is 5.83. The van der Waals surface area contributed by atoms with Crippen LogP contribution in [0.5, 0.6) is 5.75 Å². The number of morpholine rings is 1. The Morgan fingerprint density at radius 2 is 1.86 bits per heavy atom. The van der Waals surface area contributed by atoms with Gasteiger partial charge in [0.05, 0.1) is 18.1 Å². The summed E-state index contributed by atoms with van der Waals surface area (Å²) < 4.78 is 37.3. The first-order valence-corrected chi connectivity index (χ1v) is 10.8. The molecule has 0 spiro atoms. The predicted octanol–water partition coefficient (Wildman–Crippen LogP) is 2.08. The fourth-order valence-electron chi connectivity index (χ4n) is 2.66. The second-order valence-corrected chi connectivity index (χ2v) is 8.53. The highest BCUT2D eigenvalue weighted by molar-refractivity contribution is 7.89. The van der Waals surface area contributed by atoms with E-state index in [1.807, 2.05) is 0 Å². The van der Waals surface area contributed by atoms with Gasteiger partial charge in [0, 0.05) is 23.7 Å². The number of rotatable bonds is 8. The molecule has 0 aliphatic carbocycles. The van der Waals surface area contributed by atoms with Crippen molar-refractivity contribution in [2.45, 2.75) is 4.90 Å². The van der Waals surface area contributed by atoms with Gasteiger partial charge in [-0.15, -0.1) is 0 Å². The van der Waals surface area contributed by atoms with Crippen molar-refractivity contribution in [2.75, 3.05) is 39.5 Å². The smallest absolute Gasteiger partial charge is 0.243 e. The van der Waals surface area contributed by atoms with Crippen molar-refractivity contribution in [1.29, 1.82) is 0 Å². The monoisotopic (exact) mass is 439 g/mol. The lowest BCUT2D eigenvalue weighted by Gasteiger charge is -2.26. The number of nitrogens with two attached hydrogens (primary N) is 1. The zero-order valence-corrected chi connectivity index (χ0v) is 17.2. The van der Waals surface area contributed by atoms with Gasteiger partial charge in [-0.1, -0.05) is 28.9 Å². The number of halogens is 1. The molecule has 1 aliphatic rings. The van der Waals surface area contributed by atoms with Gasteiger partial charge in [-0.05, 0) is 36.4 Å². The van der Waals surface area contributed by atoms with Crippen molar-refractivity contribution in [1.82, 2.24) is 4.31 Å². The van der Waals surface area contributed by atoms with E-state index >= 15 is 0 Å². The zero-order chi connectivity index (χ0) is 20.7. The van der Waals surface area contributed by atoms with Crippen LogP contribution in [-0.4, -0.2) is 58.1 Å². The number of nitrogens with zero attached hydrogens (tertiary/aromatic N) is 2. The molecule has 1 saturated heterocycles. The minimum Gasteiger partial charge on any atom is -0.490 e. The molecule has 0 bridgehead atoms. The molecule has 156 valence electrons. The lowest BCUT2D eigenvalue weighted by molar-refractivity contribution is 0.0730. The molecule has 0 atom stereocenters. The van der Waals surface area contributed by atoms with Crippen molar-refractivity contribution < 1.29 is 22.7 Å². The first-order chi connectivity index (χ1) is 14.0. The first kappa shape index (κ1) is 21.4. The number of oxime groups is 1. The number of benzene rings is 2. The maximum absolute atomic E-state index is 12.6. The Morgan fingerprint density at radius 3 is 2.55 bits per heavy atom. The van der Waals surface area contributed by atoms with Gasteiger partial charge in [0.15, 0.2) is 12.4 Å². The summed E-state index contributed by atoms with van der Waals surface area (Å²) in [7, 11) is -3.51. The van der Waals surface area contributed by atoms with E-state index in [0.29, 0.717) is 42.6 Å². The Morgan fingerprint density at radius 1 is 1.14 bits per heavy atom. The van der Waals surface area contributed by atoms with Gasteiger partial charge in [-0.3, -0.25) is 0 Å². The topological polar surface area (TPSA) is 103 Å². The molecular weight excluding hydrogens is 418 g/mol. The largest absolute Gasteiger partial charge is 0.490 e. The first-order valence-electron chi connectivity index (χ1n) is 8.99. The van der Waals surface area contributed by atoms with E-state index in [1.165, 1.54) is 16.4 Å². The van der Waals surface area contributed by atoms with Crippen LogP contribution in [0.15, 0.2) is 58.6 Å². The fraction of sp³-hybridized carbons (Fsp3) is 0.316. The number of hydrogen-bond donors (Lipinski definition) is 1. The summed E-state index contributed by atoms with van der Waals surface area (Å²) in [6.07, 6.45) is 0. The normalized spacial score (nSPS) is 15.8. The molecule has 29 heavy (non-hydrogen) atoms. The molecular formula is C19H22ClN3O5S. The van der Waals surface area contributed by atoms with E-state index in [9.17, 15) is 8.42 Å². The highest BCUT2D eigenvalue weighted by Gasteiger charge is 2.26. The molecule has 2 aromatic rings. The van der Waals surface area contributed by atoms with Crippen LogP contribution in [0.25, 0.3) is 0 Å². The summed E-state index contributed by atoms with van der Waals surface area (Å²) in [4.78, 5) is 5.37. The van der Waals surface area contributed by atoms with Crippen LogP contribution >= 0.6 is 11.6 Å². The molecule has 2 aromatic carbocycles. The van der Waals surface area contributed by atoms with Gasteiger partial charge in [0.1, 0.15) is 12.4 Å². The van der Waals surface area contributed by atoms with Crippen LogP contribution in [0.1, 0.15) is 5.56 Å². The summed E-state index contributed by atoms with van der Waals surface area (Å²) in [5, 5.41) is 4.38. The lowest BCUT2D eigenvalue weighted by atomic mass is 10.2. The summed E-state index contributed by atoms with van der Waals surface area (Å²) in [6, 6.07) is 13.2. The molecule has 1 aliphatic heterocycles. The van der Waals surface area contributed by atoms with E-state index in [2.05, 4.69) is 5.16 Å². The third-order valence-corrected chi connectivity index (χ3v) is 6.31. The molecule has 0 unspecified atom stereocenters. The van der Waals surface area contributed by atoms with Crippen LogP contribution in [0.2, 0.25) is 5.02 Å². The Kier molecular flexibility index (Phi) is 7.32. The van der Waals surface area contributed by atoms with Crippen LogP contribution in [0.4, 0.5) is 0 Å². The molecule has 0 aromatic heterocycles. The SMILES string of the molecule is N/C(=N/OCCOc1ccc(S(=O)(=O)N2CCOCC2)cc1)c1cccc(Cl)c1. The molecule has 0 amide bonds. The van der Waals surface area contributed by atoms with Gasteiger partial charge in [0.2, 0.25) is 10.0 Å². The molecule has 8 nitrogen and oxygen atoms in total. The van der Waals surface area contributed by atoms with Crippen molar-refractivity contribution >= 4 is 27.5 Å². The quantitative estimate of drug-likeness (QED) is 0.292. The van der Waals surface area contributed by atoms with Gasteiger partial charge in [0.25, 0.3) is 0 Å². The summed E-state index contributed by atoms with van der Waals surface area (Å²) in [6.45, 7) is 1.93. The lowest BCUT2D eigenvalue weighted by Crippen LogP contribution is -2.40. The van der Waals surface area contributed by atoms with Crippen molar-refractivity contribution in [2.24, 2.45) is 10.9 Å². The number of sulfonamides is 1. The summed E-state index contributed by atoms with van der Waals surface area (Å²) in [5.41, 5.74) is 6.50. The Balaban J connectivity index is 1.47. The fourth-order valence-corrected chi connectivity index (χ4v) is 4.25. The minimum absolute atomic E-state index is 0.176. The minimum atomic E-state index is -3.51. The maximum Gasteiger partial charge on any atom is 0.243 e. The van der Waals surface area contributed by atoms with Crippen molar-refractivity contribution in [3.8, 4) is 5.75 Å². The third-order valence-electron chi connectivity index (χ3n) is 4.16. The number of hydrogen-bond acceptors (Lipinski definition) is 6. The van der Waals surface area contributed by atoms with Crippen LogP contribution < -0.4 is 10.5 Å². The van der Waals surface area contributed by atoms with Gasteiger partial charge in [-0.25, -0.2) is 8.42 Å². The zero-order valence-electron chi connectivity index (χ0n) is 15.7. The van der Waals surface area contributed by atoms with E-state index in [0.717, 1.165) is 0 Å². The highest BCUT2D eigenvalue weighted by Crippen LogP contribution is 2.20. The van der Waals surface area contributed by atoms with E-state index in [-0.39, 0.29) is 23.9 Å². The van der Waals surface area contributed by atoms with Gasteiger partial charge < -0.3 is 20.0 Å². The summed E-state index contributed by atoms with van der Waals surface area (Å²) >= 11 is 5.91. The number of amidine groups is 1. The van der Waals surface area contributed by atoms with Crippen LogP contribution in [-0.2, 0) is 19.6 Å². The van der Waals surface area contributed by atoms with Crippen LogP contribution in [0.3, 0.4) is 0 Å². The predicted molar refractivity (Wildman–Crippen MR) is 110 cm³/mol. The molecule has 0 saturated carbocycles.